The Bertz CT molecular complexity index is 572. The highest BCUT2D eigenvalue weighted by Crippen LogP contribution is 2.33. The monoisotopic (exact) mass is 320 g/mol. The number of rotatable bonds is 4. The van der Waals surface area contributed by atoms with E-state index in [1.165, 1.54) is 0 Å². The number of hydrogen-bond acceptors (Lipinski definition) is 3. The van der Waals surface area contributed by atoms with E-state index in [0.717, 1.165) is 27.2 Å². The lowest BCUT2D eigenvalue weighted by molar-refractivity contribution is 0.415. The number of anilines is 2. The van der Waals surface area contributed by atoms with E-state index in [1.807, 2.05) is 37.4 Å². The van der Waals surface area contributed by atoms with Gasteiger partial charge in [-0.15, -0.1) is 0 Å². The second kappa shape index (κ2) is 6.08. The molecule has 0 spiro atoms. The van der Waals surface area contributed by atoms with Crippen LogP contribution in [-0.2, 0) is 6.54 Å². The Hall–Kier alpha value is -1.52. The smallest absolute Gasteiger partial charge is 0.142 e. The van der Waals surface area contributed by atoms with Gasteiger partial charge >= 0.3 is 0 Å². The van der Waals surface area contributed by atoms with Gasteiger partial charge in [-0.2, -0.15) is 0 Å². The summed E-state index contributed by atoms with van der Waals surface area (Å²) in [4.78, 5) is 2.09. The van der Waals surface area contributed by atoms with Gasteiger partial charge in [-0.3, -0.25) is 0 Å². The molecular formula is C15H17BrN2O. The van der Waals surface area contributed by atoms with Crippen LogP contribution < -0.4 is 15.4 Å². The Morgan fingerprint density at radius 1 is 1.21 bits per heavy atom. The minimum atomic E-state index is 0.527. The van der Waals surface area contributed by atoms with Gasteiger partial charge in [0.1, 0.15) is 5.75 Å². The van der Waals surface area contributed by atoms with Crippen molar-refractivity contribution in [3.8, 4) is 5.75 Å². The topological polar surface area (TPSA) is 38.5 Å². The first-order valence-electron chi connectivity index (χ1n) is 6.02. The summed E-state index contributed by atoms with van der Waals surface area (Å²) in [6, 6.07) is 14.1. The molecule has 2 aromatic carbocycles. The van der Waals surface area contributed by atoms with Gasteiger partial charge in [-0.25, -0.2) is 0 Å². The maximum Gasteiger partial charge on any atom is 0.142 e. The lowest BCUT2D eigenvalue weighted by Crippen LogP contribution is -2.11. The van der Waals surface area contributed by atoms with Crippen molar-refractivity contribution in [3.05, 3.63) is 52.5 Å². The van der Waals surface area contributed by atoms with Gasteiger partial charge in [-0.1, -0.05) is 34.1 Å². The average molecular weight is 321 g/mol. The third kappa shape index (κ3) is 2.91. The van der Waals surface area contributed by atoms with Gasteiger partial charge in [-0.05, 0) is 29.8 Å². The fraction of sp³-hybridized carbons (Fsp3) is 0.200. The standard InChI is InChI=1S/C15H17BrN2O/c1-18(14-5-3-4-6-15(14)19-2)12-8-7-11(10-17)13(16)9-12/h3-9H,10,17H2,1-2H3. The van der Waals surface area contributed by atoms with E-state index in [1.54, 1.807) is 7.11 Å². The van der Waals surface area contributed by atoms with Crippen LogP contribution >= 0.6 is 15.9 Å². The highest BCUT2D eigenvalue weighted by atomic mass is 79.9. The summed E-state index contributed by atoms with van der Waals surface area (Å²) >= 11 is 3.55. The quantitative estimate of drug-likeness (QED) is 0.933. The first-order chi connectivity index (χ1) is 9.17. The molecule has 0 fully saturated rings. The molecule has 0 aliphatic rings. The second-order valence-electron chi connectivity index (χ2n) is 4.21. The molecule has 0 aromatic heterocycles. The molecule has 0 bridgehead atoms. The maximum atomic E-state index is 5.67. The molecule has 2 N–H and O–H groups in total. The Balaban J connectivity index is 2.38. The van der Waals surface area contributed by atoms with Crippen molar-refractivity contribution < 1.29 is 4.74 Å². The summed E-state index contributed by atoms with van der Waals surface area (Å²) in [7, 11) is 3.70. The molecule has 0 radical (unpaired) electrons. The highest BCUT2D eigenvalue weighted by Gasteiger charge is 2.10. The minimum absolute atomic E-state index is 0.527. The molecule has 0 aliphatic carbocycles. The molecule has 100 valence electrons. The fourth-order valence-corrected chi connectivity index (χ4v) is 2.48. The number of methoxy groups -OCH3 is 1. The predicted molar refractivity (Wildman–Crippen MR) is 83.1 cm³/mol. The van der Waals surface area contributed by atoms with E-state index in [-0.39, 0.29) is 0 Å². The maximum absolute atomic E-state index is 5.67. The first-order valence-corrected chi connectivity index (χ1v) is 6.82. The van der Waals surface area contributed by atoms with Gasteiger partial charge in [0.05, 0.1) is 12.8 Å². The molecule has 2 rings (SSSR count). The Morgan fingerprint density at radius 2 is 1.95 bits per heavy atom. The van der Waals surface area contributed by atoms with Crippen LogP contribution in [0, 0.1) is 0 Å². The number of benzene rings is 2. The SMILES string of the molecule is COc1ccccc1N(C)c1ccc(CN)c(Br)c1. The van der Waals surface area contributed by atoms with Crippen LogP contribution in [-0.4, -0.2) is 14.2 Å². The molecule has 4 heteroatoms. The van der Waals surface area contributed by atoms with Crippen molar-refractivity contribution in [1.82, 2.24) is 0 Å². The summed E-state index contributed by atoms with van der Waals surface area (Å²) in [5, 5.41) is 0. The fourth-order valence-electron chi connectivity index (χ4n) is 1.96. The molecule has 0 atom stereocenters. The first kappa shape index (κ1) is 13.9. The van der Waals surface area contributed by atoms with E-state index in [4.69, 9.17) is 10.5 Å². The van der Waals surface area contributed by atoms with Crippen molar-refractivity contribution in [2.45, 2.75) is 6.54 Å². The molecule has 0 unspecified atom stereocenters. The van der Waals surface area contributed by atoms with Crippen LogP contribution in [0.1, 0.15) is 5.56 Å². The molecule has 0 aliphatic heterocycles. The summed E-state index contributed by atoms with van der Waals surface area (Å²) < 4.78 is 6.41. The summed E-state index contributed by atoms with van der Waals surface area (Å²) in [5.41, 5.74) is 8.87. The zero-order valence-electron chi connectivity index (χ0n) is 11.1. The number of halogens is 1. The largest absolute Gasteiger partial charge is 0.495 e. The summed E-state index contributed by atoms with van der Waals surface area (Å²) in [6.45, 7) is 0.527. The van der Waals surface area contributed by atoms with E-state index in [9.17, 15) is 0 Å². The number of ether oxygens (including phenoxy) is 1. The van der Waals surface area contributed by atoms with Gasteiger partial charge in [0.2, 0.25) is 0 Å². The van der Waals surface area contributed by atoms with Crippen molar-refractivity contribution in [2.75, 3.05) is 19.1 Å². The Morgan fingerprint density at radius 3 is 2.58 bits per heavy atom. The number of nitrogens with zero attached hydrogens (tertiary/aromatic N) is 1. The zero-order valence-corrected chi connectivity index (χ0v) is 12.6. The average Bonchev–Trinajstić information content (AvgIpc) is 2.46. The lowest BCUT2D eigenvalue weighted by atomic mass is 10.2. The van der Waals surface area contributed by atoms with Crippen molar-refractivity contribution in [2.24, 2.45) is 5.73 Å². The Kier molecular flexibility index (Phi) is 4.45. The lowest BCUT2D eigenvalue weighted by Gasteiger charge is -2.22. The van der Waals surface area contributed by atoms with Crippen LogP contribution in [0.4, 0.5) is 11.4 Å². The zero-order chi connectivity index (χ0) is 13.8. The van der Waals surface area contributed by atoms with Gasteiger partial charge < -0.3 is 15.4 Å². The molecule has 0 amide bonds. The molecule has 2 aromatic rings. The highest BCUT2D eigenvalue weighted by molar-refractivity contribution is 9.10. The normalized spacial score (nSPS) is 10.3. The molecule has 19 heavy (non-hydrogen) atoms. The van der Waals surface area contributed by atoms with Crippen molar-refractivity contribution in [3.63, 3.8) is 0 Å². The third-order valence-corrected chi connectivity index (χ3v) is 3.83. The number of para-hydroxylation sites is 2. The van der Waals surface area contributed by atoms with Crippen LogP contribution in [0.15, 0.2) is 46.9 Å². The van der Waals surface area contributed by atoms with Gasteiger partial charge in [0.15, 0.2) is 0 Å². The van der Waals surface area contributed by atoms with Crippen molar-refractivity contribution in [1.29, 1.82) is 0 Å². The molecular weight excluding hydrogens is 304 g/mol. The summed E-state index contributed by atoms with van der Waals surface area (Å²) in [5.74, 6) is 0.851. The van der Waals surface area contributed by atoms with Crippen molar-refractivity contribution >= 4 is 27.3 Å². The van der Waals surface area contributed by atoms with Crippen LogP contribution in [0.3, 0.4) is 0 Å². The van der Waals surface area contributed by atoms with Gasteiger partial charge in [0, 0.05) is 23.8 Å². The van der Waals surface area contributed by atoms with Crippen LogP contribution in [0.25, 0.3) is 0 Å². The predicted octanol–water partition coefficient (Wildman–Crippen LogP) is 3.68. The number of hydrogen-bond donors (Lipinski definition) is 1. The molecule has 0 heterocycles. The summed E-state index contributed by atoms with van der Waals surface area (Å²) in [6.07, 6.45) is 0. The van der Waals surface area contributed by atoms with E-state index >= 15 is 0 Å². The Labute approximate surface area is 122 Å². The minimum Gasteiger partial charge on any atom is -0.495 e. The van der Waals surface area contributed by atoms with E-state index in [0.29, 0.717) is 6.54 Å². The molecule has 0 saturated carbocycles. The second-order valence-corrected chi connectivity index (χ2v) is 5.07. The van der Waals surface area contributed by atoms with E-state index < -0.39 is 0 Å². The van der Waals surface area contributed by atoms with E-state index in [2.05, 4.69) is 33.0 Å². The van der Waals surface area contributed by atoms with Crippen LogP contribution in [0.5, 0.6) is 5.75 Å². The third-order valence-electron chi connectivity index (χ3n) is 3.09. The molecule has 0 saturated heterocycles. The van der Waals surface area contributed by atoms with Gasteiger partial charge in [0.25, 0.3) is 0 Å². The number of nitrogens with two attached hydrogens (primary N) is 1. The molecule has 3 nitrogen and oxygen atoms in total. The van der Waals surface area contributed by atoms with Crippen LogP contribution in [0.2, 0.25) is 0 Å².